The second-order valence-corrected chi connectivity index (χ2v) is 18.8. The van der Waals surface area contributed by atoms with E-state index < -0.39 is 6.10 Å². The van der Waals surface area contributed by atoms with Crippen LogP contribution in [0.3, 0.4) is 0 Å². The van der Waals surface area contributed by atoms with Gasteiger partial charge in [-0.25, -0.2) is 0 Å². The third-order valence-corrected chi connectivity index (χ3v) is 12.2. The maximum Gasteiger partial charge on any atom is 0.306 e. The zero-order valence-electron chi connectivity index (χ0n) is 44.2. The van der Waals surface area contributed by atoms with Gasteiger partial charge in [0.2, 0.25) is 0 Å². The smallest absolute Gasteiger partial charge is 0.306 e. The lowest BCUT2D eigenvalue weighted by atomic mass is 10.1. The highest BCUT2D eigenvalue weighted by Gasteiger charge is 2.19. The summed E-state index contributed by atoms with van der Waals surface area (Å²) in [5.74, 6) is -0.913. The summed E-state index contributed by atoms with van der Waals surface area (Å²) < 4.78 is 16.8. The van der Waals surface area contributed by atoms with Crippen molar-refractivity contribution in [3.63, 3.8) is 0 Å². The predicted octanol–water partition coefficient (Wildman–Crippen LogP) is 19.0. The standard InChI is InChI=1S/C61H106O6/c1-4-7-10-13-16-19-22-25-28-29-30-31-34-36-39-42-45-48-51-54-60(63)66-57-58(67-61(64)55-52-49-46-43-40-37-33-27-24-21-18-15-12-9-6-3)56-65-59(62)53-50-47-44-41-38-35-32-26-23-20-17-14-11-8-5-2/h16-21,25-28,32-33,58H,4-15,22-24,29-31,34-57H2,1-3H3/b19-16-,20-17-,21-18-,28-25-,32-26-,33-27-. The van der Waals surface area contributed by atoms with E-state index in [0.717, 1.165) is 109 Å². The number of allylic oxidation sites excluding steroid dienone is 12. The SMILES string of the molecule is CCCCC/C=C\C/C=C\CCCCCCCCCCCC(=O)OCC(COC(=O)CCCCCCC/C=C\C/C=C\CCCCC)OC(=O)CCCCCCC/C=C\C/C=C\CCCCC. The van der Waals surface area contributed by atoms with Crippen LogP contribution in [-0.4, -0.2) is 37.2 Å². The Kier molecular flexibility index (Phi) is 52.8. The molecule has 0 heterocycles. The lowest BCUT2D eigenvalue weighted by molar-refractivity contribution is -0.167. The fourth-order valence-electron chi connectivity index (χ4n) is 7.83. The van der Waals surface area contributed by atoms with E-state index in [4.69, 9.17) is 14.2 Å². The van der Waals surface area contributed by atoms with Gasteiger partial charge in [-0.3, -0.25) is 14.4 Å². The van der Waals surface area contributed by atoms with E-state index in [1.54, 1.807) is 0 Å². The van der Waals surface area contributed by atoms with Crippen molar-refractivity contribution in [3.05, 3.63) is 72.9 Å². The Bertz CT molecular complexity index is 1260. The normalized spacial score (nSPS) is 12.6. The van der Waals surface area contributed by atoms with Crippen LogP contribution in [0, 0.1) is 0 Å². The van der Waals surface area contributed by atoms with Crippen molar-refractivity contribution in [2.45, 2.75) is 284 Å². The lowest BCUT2D eigenvalue weighted by Crippen LogP contribution is -2.30. The topological polar surface area (TPSA) is 78.9 Å². The van der Waals surface area contributed by atoms with Gasteiger partial charge in [-0.15, -0.1) is 0 Å². The summed E-state index contributed by atoms with van der Waals surface area (Å²) in [7, 11) is 0. The lowest BCUT2D eigenvalue weighted by Gasteiger charge is -2.18. The molecule has 0 radical (unpaired) electrons. The fourth-order valence-corrected chi connectivity index (χ4v) is 7.83. The van der Waals surface area contributed by atoms with Gasteiger partial charge in [-0.2, -0.15) is 0 Å². The van der Waals surface area contributed by atoms with Gasteiger partial charge < -0.3 is 14.2 Å². The molecule has 0 aromatic rings. The molecule has 0 fully saturated rings. The largest absolute Gasteiger partial charge is 0.462 e. The van der Waals surface area contributed by atoms with Gasteiger partial charge in [0.1, 0.15) is 13.2 Å². The molecule has 0 saturated carbocycles. The highest BCUT2D eigenvalue weighted by atomic mass is 16.6. The van der Waals surface area contributed by atoms with Crippen molar-refractivity contribution in [2.24, 2.45) is 0 Å². The van der Waals surface area contributed by atoms with Crippen LogP contribution in [0.25, 0.3) is 0 Å². The Morgan fingerprint density at radius 1 is 0.299 bits per heavy atom. The molecular formula is C61H106O6. The highest BCUT2D eigenvalue weighted by Crippen LogP contribution is 2.15. The van der Waals surface area contributed by atoms with E-state index >= 15 is 0 Å². The molecule has 1 atom stereocenters. The number of esters is 3. The van der Waals surface area contributed by atoms with Crippen LogP contribution >= 0.6 is 0 Å². The number of rotatable bonds is 51. The minimum absolute atomic E-state index is 0.0876. The molecule has 0 saturated heterocycles. The molecule has 67 heavy (non-hydrogen) atoms. The van der Waals surface area contributed by atoms with Crippen LogP contribution in [0.5, 0.6) is 0 Å². The second-order valence-electron chi connectivity index (χ2n) is 18.8. The van der Waals surface area contributed by atoms with Crippen LogP contribution < -0.4 is 0 Å². The molecule has 386 valence electrons. The molecule has 0 aliphatic carbocycles. The van der Waals surface area contributed by atoms with Crippen LogP contribution in [0.1, 0.15) is 278 Å². The van der Waals surface area contributed by atoms with E-state index in [0.29, 0.717) is 19.3 Å². The Morgan fingerprint density at radius 2 is 0.537 bits per heavy atom. The minimum atomic E-state index is -0.791. The summed E-state index contributed by atoms with van der Waals surface area (Å²) in [5.41, 5.74) is 0. The first-order valence-electron chi connectivity index (χ1n) is 28.4. The molecule has 0 N–H and O–H groups in total. The number of ether oxygens (including phenoxy) is 3. The van der Waals surface area contributed by atoms with Crippen LogP contribution in [0.2, 0.25) is 0 Å². The molecule has 0 rings (SSSR count). The van der Waals surface area contributed by atoms with Crippen molar-refractivity contribution in [3.8, 4) is 0 Å². The summed E-state index contributed by atoms with van der Waals surface area (Å²) in [6.07, 6.45) is 70.2. The Balaban J connectivity index is 4.41. The minimum Gasteiger partial charge on any atom is -0.462 e. The van der Waals surface area contributed by atoms with Crippen molar-refractivity contribution in [1.82, 2.24) is 0 Å². The zero-order chi connectivity index (χ0) is 48.6. The van der Waals surface area contributed by atoms with Crippen molar-refractivity contribution < 1.29 is 28.6 Å². The van der Waals surface area contributed by atoms with Crippen molar-refractivity contribution in [1.29, 1.82) is 0 Å². The molecule has 1 unspecified atom stereocenters. The first kappa shape index (κ1) is 63.8. The van der Waals surface area contributed by atoms with Crippen molar-refractivity contribution >= 4 is 17.9 Å². The van der Waals surface area contributed by atoms with Gasteiger partial charge in [-0.05, 0) is 116 Å². The number of carbonyl (C=O) groups is 3. The van der Waals surface area contributed by atoms with Crippen molar-refractivity contribution in [2.75, 3.05) is 13.2 Å². The molecule has 6 heteroatoms. The zero-order valence-corrected chi connectivity index (χ0v) is 44.2. The average Bonchev–Trinajstić information content (AvgIpc) is 3.33. The predicted molar refractivity (Wildman–Crippen MR) is 288 cm³/mol. The van der Waals surface area contributed by atoms with Crippen LogP contribution in [0.15, 0.2) is 72.9 Å². The van der Waals surface area contributed by atoms with Gasteiger partial charge in [0.25, 0.3) is 0 Å². The molecule has 0 aliphatic rings. The molecule has 6 nitrogen and oxygen atoms in total. The van der Waals surface area contributed by atoms with E-state index in [9.17, 15) is 14.4 Å². The van der Waals surface area contributed by atoms with Crippen LogP contribution in [-0.2, 0) is 28.6 Å². The Morgan fingerprint density at radius 3 is 0.821 bits per heavy atom. The summed E-state index contributed by atoms with van der Waals surface area (Å²) in [6.45, 7) is 6.55. The van der Waals surface area contributed by atoms with Gasteiger partial charge in [-0.1, -0.05) is 216 Å². The van der Waals surface area contributed by atoms with E-state index in [-0.39, 0.29) is 31.1 Å². The van der Waals surface area contributed by atoms with Gasteiger partial charge in [0.15, 0.2) is 6.10 Å². The van der Waals surface area contributed by atoms with E-state index in [1.165, 1.54) is 128 Å². The fraction of sp³-hybridized carbons (Fsp3) is 0.754. The quantitative estimate of drug-likeness (QED) is 0.0262. The van der Waals surface area contributed by atoms with Crippen LogP contribution in [0.4, 0.5) is 0 Å². The molecule has 0 aromatic heterocycles. The summed E-state index contributed by atoms with van der Waals surface area (Å²) in [4.78, 5) is 38.1. The van der Waals surface area contributed by atoms with Gasteiger partial charge in [0.05, 0.1) is 0 Å². The first-order valence-corrected chi connectivity index (χ1v) is 28.4. The molecule has 0 bridgehead atoms. The van der Waals surface area contributed by atoms with Gasteiger partial charge >= 0.3 is 17.9 Å². The summed E-state index contributed by atoms with van der Waals surface area (Å²) >= 11 is 0. The number of hydrogen-bond acceptors (Lipinski definition) is 6. The highest BCUT2D eigenvalue weighted by molar-refractivity contribution is 5.71. The third-order valence-electron chi connectivity index (χ3n) is 12.2. The molecule has 0 aromatic carbocycles. The second kappa shape index (κ2) is 55.4. The Hall–Kier alpha value is -3.15. The molecule has 0 aliphatic heterocycles. The van der Waals surface area contributed by atoms with E-state index in [2.05, 4.69) is 93.7 Å². The Labute approximate surface area is 414 Å². The summed E-state index contributed by atoms with van der Waals surface area (Å²) in [5, 5.41) is 0. The average molecular weight is 936 g/mol. The third kappa shape index (κ3) is 53.7. The monoisotopic (exact) mass is 935 g/mol. The first-order chi connectivity index (χ1) is 33.0. The number of carbonyl (C=O) groups excluding carboxylic acids is 3. The number of unbranched alkanes of at least 4 members (excludes halogenated alkanes) is 28. The molecule has 0 spiro atoms. The maximum atomic E-state index is 12.8. The number of hydrogen-bond donors (Lipinski definition) is 0. The van der Waals surface area contributed by atoms with E-state index in [1.807, 2.05) is 0 Å². The van der Waals surface area contributed by atoms with Gasteiger partial charge in [0, 0.05) is 19.3 Å². The molecule has 0 amide bonds. The molecular weight excluding hydrogens is 829 g/mol. The maximum absolute atomic E-state index is 12.8. The summed E-state index contributed by atoms with van der Waals surface area (Å²) in [6, 6.07) is 0.